The molecule has 1 unspecified atom stereocenters. The number of amides is 1. The molecule has 0 spiro atoms. The fraction of sp³-hybridized carbons (Fsp3) is 0.867. The largest absolute Gasteiger partial charge is 0.444 e. The van der Waals surface area contributed by atoms with Gasteiger partial charge in [0.25, 0.3) is 0 Å². The van der Waals surface area contributed by atoms with Crippen molar-refractivity contribution in [3.8, 4) is 0 Å². The maximum absolute atomic E-state index is 11.8. The summed E-state index contributed by atoms with van der Waals surface area (Å²) >= 11 is 0. The number of likely N-dealkylation sites (N-methyl/N-ethyl adjacent to an activating group) is 1. The molecule has 0 fully saturated rings. The summed E-state index contributed by atoms with van der Waals surface area (Å²) in [7, 11) is 3.46. The van der Waals surface area contributed by atoms with Gasteiger partial charge in [0.2, 0.25) is 0 Å². The van der Waals surface area contributed by atoms with E-state index in [1.807, 2.05) is 20.8 Å². The van der Waals surface area contributed by atoms with E-state index in [0.717, 1.165) is 5.96 Å². The smallest absolute Gasteiger partial charge is 0.410 e. The van der Waals surface area contributed by atoms with E-state index >= 15 is 0 Å². The first-order chi connectivity index (χ1) is 9.56. The minimum Gasteiger partial charge on any atom is -0.444 e. The standard InChI is InChI=1S/C15H32N4O2/c1-11(2)12(3)18-13(16-7)17-9-10-19(8)14(20)21-15(4,5)6/h11-12H,9-10H2,1-8H3,(H2,16,17,18). The fourth-order valence-corrected chi connectivity index (χ4v) is 1.35. The van der Waals surface area contributed by atoms with E-state index < -0.39 is 5.60 Å². The van der Waals surface area contributed by atoms with Crippen LogP contribution in [0.3, 0.4) is 0 Å². The van der Waals surface area contributed by atoms with Crippen LogP contribution in [0.4, 0.5) is 4.79 Å². The summed E-state index contributed by atoms with van der Waals surface area (Å²) in [4.78, 5) is 17.5. The van der Waals surface area contributed by atoms with Gasteiger partial charge in [-0.05, 0) is 33.6 Å². The zero-order chi connectivity index (χ0) is 16.6. The van der Waals surface area contributed by atoms with Crippen LogP contribution in [0.5, 0.6) is 0 Å². The summed E-state index contributed by atoms with van der Waals surface area (Å²) < 4.78 is 5.29. The average Bonchev–Trinajstić information content (AvgIpc) is 2.34. The first-order valence-electron chi connectivity index (χ1n) is 7.48. The second-order valence-corrected chi connectivity index (χ2v) is 6.58. The maximum atomic E-state index is 11.8. The van der Waals surface area contributed by atoms with Crippen molar-refractivity contribution in [2.24, 2.45) is 10.9 Å². The third-order valence-electron chi connectivity index (χ3n) is 3.03. The molecule has 1 atom stereocenters. The van der Waals surface area contributed by atoms with Gasteiger partial charge in [-0.25, -0.2) is 4.79 Å². The Labute approximate surface area is 129 Å². The lowest BCUT2D eigenvalue weighted by Crippen LogP contribution is -2.46. The molecule has 0 saturated carbocycles. The lowest BCUT2D eigenvalue weighted by molar-refractivity contribution is 0.0302. The van der Waals surface area contributed by atoms with E-state index in [-0.39, 0.29) is 6.09 Å². The van der Waals surface area contributed by atoms with Gasteiger partial charge in [-0.3, -0.25) is 4.99 Å². The number of nitrogens with one attached hydrogen (secondary N) is 2. The first-order valence-corrected chi connectivity index (χ1v) is 7.48. The van der Waals surface area contributed by atoms with E-state index in [1.54, 1.807) is 19.0 Å². The van der Waals surface area contributed by atoms with Crippen LogP contribution in [0.15, 0.2) is 4.99 Å². The summed E-state index contributed by atoms with van der Waals surface area (Å²) in [5, 5.41) is 6.50. The van der Waals surface area contributed by atoms with Gasteiger partial charge in [-0.15, -0.1) is 0 Å². The van der Waals surface area contributed by atoms with Crippen molar-refractivity contribution in [3.05, 3.63) is 0 Å². The molecule has 0 aliphatic heterocycles. The first kappa shape index (κ1) is 19.5. The highest BCUT2D eigenvalue weighted by molar-refractivity contribution is 5.80. The summed E-state index contributed by atoms with van der Waals surface area (Å²) in [6.07, 6.45) is -0.317. The van der Waals surface area contributed by atoms with Crippen molar-refractivity contribution in [1.29, 1.82) is 0 Å². The Morgan fingerprint density at radius 3 is 2.29 bits per heavy atom. The molecule has 0 aromatic rings. The van der Waals surface area contributed by atoms with E-state index in [0.29, 0.717) is 25.0 Å². The number of ether oxygens (including phenoxy) is 1. The molecule has 21 heavy (non-hydrogen) atoms. The van der Waals surface area contributed by atoms with Crippen molar-refractivity contribution < 1.29 is 9.53 Å². The zero-order valence-corrected chi connectivity index (χ0v) is 14.8. The molecule has 124 valence electrons. The molecule has 6 nitrogen and oxygen atoms in total. The van der Waals surface area contributed by atoms with Crippen LogP contribution in [-0.4, -0.2) is 55.8 Å². The minimum absolute atomic E-state index is 0.317. The molecule has 0 aliphatic carbocycles. The summed E-state index contributed by atoms with van der Waals surface area (Å²) in [6, 6.07) is 0.333. The Hall–Kier alpha value is -1.46. The van der Waals surface area contributed by atoms with E-state index in [1.165, 1.54) is 0 Å². The topological polar surface area (TPSA) is 66.0 Å². The van der Waals surface area contributed by atoms with E-state index in [2.05, 4.69) is 36.4 Å². The monoisotopic (exact) mass is 300 g/mol. The number of aliphatic imine (C=N–C) groups is 1. The molecule has 0 aliphatic rings. The van der Waals surface area contributed by atoms with Crippen LogP contribution in [0.2, 0.25) is 0 Å². The molecular formula is C15H32N4O2. The molecule has 0 aromatic carbocycles. The third kappa shape index (κ3) is 9.15. The number of carbonyl (C=O) groups excluding carboxylic acids is 1. The predicted molar refractivity (Wildman–Crippen MR) is 87.7 cm³/mol. The average molecular weight is 300 g/mol. The lowest BCUT2D eigenvalue weighted by Gasteiger charge is -2.25. The van der Waals surface area contributed by atoms with Crippen LogP contribution in [0.1, 0.15) is 41.5 Å². The van der Waals surface area contributed by atoms with Crippen molar-refractivity contribution in [2.75, 3.05) is 27.2 Å². The lowest BCUT2D eigenvalue weighted by atomic mass is 10.1. The summed E-state index contributed by atoms with van der Waals surface area (Å²) in [6.45, 7) is 13.2. The molecule has 6 heteroatoms. The van der Waals surface area contributed by atoms with Crippen molar-refractivity contribution in [2.45, 2.75) is 53.2 Å². The highest BCUT2D eigenvalue weighted by Crippen LogP contribution is 2.08. The second kappa shape index (κ2) is 8.74. The quantitative estimate of drug-likeness (QED) is 0.602. The normalized spacial score (nSPS) is 13.9. The SMILES string of the molecule is CN=C(NCCN(C)C(=O)OC(C)(C)C)NC(C)C(C)C. The van der Waals surface area contributed by atoms with Gasteiger partial charge in [0, 0.05) is 33.2 Å². The van der Waals surface area contributed by atoms with E-state index in [9.17, 15) is 4.79 Å². The molecule has 0 radical (unpaired) electrons. The van der Waals surface area contributed by atoms with Gasteiger partial charge in [-0.1, -0.05) is 13.8 Å². The van der Waals surface area contributed by atoms with Gasteiger partial charge < -0.3 is 20.3 Å². The molecule has 0 saturated heterocycles. The molecular weight excluding hydrogens is 268 g/mol. The highest BCUT2D eigenvalue weighted by atomic mass is 16.6. The Morgan fingerprint density at radius 2 is 1.86 bits per heavy atom. The molecule has 0 bridgehead atoms. The van der Waals surface area contributed by atoms with E-state index in [4.69, 9.17) is 4.74 Å². The highest BCUT2D eigenvalue weighted by Gasteiger charge is 2.19. The molecule has 0 aromatic heterocycles. The Balaban J connectivity index is 4.14. The molecule has 0 heterocycles. The molecule has 1 amide bonds. The fourth-order valence-electron chi connectivity index (χ4n) is 1.35. The third-order valence-corrected chi connectivity index (χ3v) is 3.03. The van der Waals surface area contributed by atoms with Crippen LogP contribution in [0.25, 0.3) is 0 Å². The second-order valence-electron chi connectivity index (χ2n) is 6.58. The molecule has 0 rings (SSSR count). The maximum Gasteiger partial charge on any atom is 0.410 e. The number of guanidine groups is 1. The Morgan fingerprint density at radius 1 is 1.29 bits per heavy atom. The van der Waals surface area contributed by atoms with Gasteiger partial charge in [0.05, 0.1) is 0 Å². The van der Waals surface area contributed by atoms with Crippen molar-refractivity contribution in [1.82, 2.24) is 15.5 Å². The predicted octanol–water partition coefficient (Wildman–Crippen LogP) is 2.06. The van der Waals surface area contributed by atoms with Crippen LogP contribution >= 0.6 is 0 Å². The summed E-state index contributed by atoms with van der Waals surface area (Å²) in [5.41, 5.74) is -0.469. The number of carbonyl (C=O) groups is 1. The van der Waals surface area contributed by atoms with Crippen molar-refractivity contribution in [3.63, 3.8) is 0 Å². The number of nitrogens with zero attached hydrogens (tertiary/aromatic N) is 2. The van der Waals surface area contributed by atoms with Crippen molar-refractivity contribution >= 4 is 12.1 Å². The zero-order valence-electron chi connectivity index (χ0n) is 14.8. The van der Waals surface area contributed by atoms with Gasteiger partial charge in [-0.2, -0.15) is 0 Å². The number of hydrogen-bond acceptors (Lipinski definition) is 3. The Bertz CT molecular complexity index is 348. The van der Waals surface area contributed by atoms with Gasteiger partial charge in [0.1, 0.15) is 5.60 Å². The summed E-state index contributed by atoms with van der Waals surface area (Å²) in [5.74, 6) is 1.27. The number of rotatable bonds is 5. The van der Waals surface area contributed by atoms with Crippen LogP contribution in [0, 0.1) is 5.92 Å². The van der Waals surface area contributed by atoms with Crippen LogP contribution in [-0.2, 0) is 4.74 Å². The van der Waals surface area contributed by atoms with Gasteiger partial charge in [0.15, 0.2) is 5.96 Å². The Kier molecular flexibility index (Phi) is 8.14. The van der Waals surface area contributed by atoms with Crippen LogP contribution < -0.4 is 10.6 Å². The molecule has 2 N–H and O–H groups in total. The van der Waals surface area contributed by atoms with Gasteiger partial charge >= 0.3 is 6.09 Å². The minimum atomic E-state index is -0.469. The number of hydrogen-bond donors (Lipinski definition) is 2.